The lowest BCUT2D eigenvalue weighted by molar-refractivity contribution is -0.0674. The van der Waals surface area contributed by atoms with Crippen molar-refractivity contribution >= 4 is 0 Å². The lowest BCUT2D eigenvalue weighted by atomic mass is 10.1. The van der Waals surface area contributed by atoms with Crippen molar-refractivity contribution in [2.45, 2.75) is 32.6 Å². The predicted octanol–water partition coefficient (Wildman–Crippen LogP) is 1.68. The maximum Gasteiger partial charge on any atom is 0.0983 e. The highest BCUT2D eigenvalue weighted by Crippen LogP contribution is 2.20. The van der Waals surface area contributed by atoms with E-state index < -0.39 is 0 Å². The number of pyridine rings is 1. The average molecular weight is 329 g/mol. The van der Waals surface area contributed by atoms with E-state index in [2.05, 4.69) is 46.4 Å². The first kappa shape index (κ1) is 17.1. The van der Waals surface area contributed by atoms with Gasteiger partial charge in [0, 0.05) is 69.5 Å². The molecule has 0 aliphatic carbocycles. The van der Waals surface area contributed by atoms with Crippen LogP contribution in [0.2, 0.25) is 0 Å². The molecule has 0 aromatic carbocycles. The van der Waals surface area contributed by atoms with Crippen LogP contribution >= 0.6 is 0 Å². The number of nitrogens with zero attached hydrogens (tertiary/aromatic N) is 4. The normalized spacial score (nSPS) is 22.0. The third-order valence-electron chi connectivity index (χ3n) is 4.26. The maximum absolute atomic E-state index is 5.78. The number of ether oxygens (including phenoxy) is 1. The fourth-order valence-corrected chi connectivity index (χ4v) is 3.34. The first-order valence-electron chi connectivity index (χ1n) is 8.63. The zero-order chi connectivity index (χ0) is 16.9. The molecule has 1 aliphatic heterocycles. The molecule has 0 amide bonds. The summed E-state index contributed by atoms with van der Waals surface area (Å²) < 4.78 is 7.65. The number of hydrogen-bond donors (Lipinski definition) is 1. The summed E-state index contributed by atoms with van der Waals surface area (Å²) in [6.45, 7) is 9.13. The molecule has 2 aromatic rings. The SMILES string of the molecule is CC1CN(CCNCc2cn(C)nc2-c2cccnc2)CC(C)O1. The fourth-order valence-electron chi connectivity index (χ4n) is 3.34. The van der Waals surface area contributed by atoms with Crippen LogP contribution in [0.15, 0.2) is 30.7 Å². The van der Waals surface area contributed by atoms with Crippen LogP contribution in [-0.4, -0.2) is 58.1 Å². The van der Waals surface area contributed by atoms with E-state index in [0.717, 1.165) is 44.0 Å². The van der Waals surface area contributed by atoms with Crippen molar-refractivity contribution in [3.8, 4) is 11.3 Å². The molecule has 3 heterocycles. The Hall–Kier alpha value is -1.76. The largest absolute Gasteiger partial charge is 0.373 e. The number of morpholine rings is 1. The molecule has 1 saturated heterocycles. The van der Waals surface area contributed by atoms with Gasteiger partial charge in [0.15, 0.2) is 0 Å². The molecule has 1 fully saturated rings. The Balaban J connectivity index is 1.52. The number of hydrogen-bond acceptors (Lipinski definition) is 5. The van der Waals surface area contributed by atoms with Gasteiger partial charge in [0.2, 0.25) is 0 Å². The van der Waals surface area contributed by atoms with Crippen LogP contribution in [-0.2, 0) is 18.3 Å². The minimum absolute atomic E-state index is 0.323. The summed E-state index contributed by atoms with van der Waals surface area (Å²) in [4.78, 5) is 6.66. The van der Waals surface area contributed by atoms with E-state index in [4.69, 9.17) is 4.74 Å². The summed E-state index contributed by atoms with van der Waals surface area (Å²) in [5, 5.41) is 8.12. The van der Waals surface area contributed by atoms with Gasteiger partial charge in [-0.2, -0.15) is 5.10 Å². The van der Waals surface area contributed by atoms with Crippen LogP contribution in [0, 0.1) is 0 Å². The molecule has 0 radical (unpaired) electrons. The lowest BCUT2D eigenvalue weighted by Gasteiger charge is -2.35. The molecule has 130 valence electrons. The maximum atomic E-state index is 5.78. The van der Waals surface area contributed by atoms with Gasteiger partial charge in [-0.25, -0.2) is 0 Å². The lowest BCUT2D eigenvalue weighted by Crippen LogP contribution is -2.47. The number of aryl methyl sites for hydroxylation is 1. The van der Waals surface area contributed by atoms with E-state index in [1.54, 1.807) is 6.20 Å². The Labute approximate surface area is 143 Å². The summed E-state index contributed by atoms with van der Waals surface area (Å²) in [7, 11) is 1.96. The summed E-state index contributed by atoms with van der Waals surface area (Å²) in [5.74, 6) is 0. The van der Waals surface area contributed by atoms with Gasteiger partial charge in [-0.05, 0) is 26.0 Å². The zero-order valence-corrected chi connectivity index (χ0v) is 14.8. The topological polar surface area (TPSA) is 55.2 Å². The van der Waals surface area contributed by atoms with Gasteiger partial charge in [0.1, 0.15) is 0 Å². The van der Waals surface area contributed by atoms with E-state index in [0.29, 0.717) is 12.2 Å². The second-order valence-electron chi connectivity index (χ2n) is 6.61. The Morgan fingerprint density at radius 2 is 2.08 bits per heavy atom. The summed E-state index contributed by atoms with van der Waals surface area (Å²) >= 11 is 0. The molecule has 1 aliphatic rings. The summed E-state index contributed by atoms with van der Waals surface area (Å²) in [6, 6.07) is 4.00. The fraction of sp³-hybridized carbons (Fsp3) is 0.556. The Bertz CT molecular complexity index is 632. The Morgan fingerprint density at radius 3 is 2.79 bits per heavy atom. The second-order valence-corrected chi connectivity index (χ2v) is 6.61. The van der Waals surface area contributed by atoms with E-state index in [1.807, 2.05) is 24.0 Å². The second kappa shape index (κ2) is 7.88. The molecule has 24 heavy (non-hydrogen) atoms. The van der Waals surface area contributed by atoms with Gasteiger partial charge in [-0.3, -0.25) is 14.6 Å². The van der Waals surface area contributed by atoms with Crippen molar-refractivity contribution in [3.05, 3.63) is 36.3 Å². The molecule has 2 aromatic heterocycles. The molecule has 6 nitrogen and oxygen atoms in total. The Kier molecular flexibility index (Phi) is 5.60. The third kappa shape index (κ3) is 4.41. The van der Waals surface area contributed by atoms with Crippen molar-refractivity contribution in [2.24, 2.45) is 7.05 Å². The van der Waals surface area contributed by atoms with Crippen molar-refractivity contribution in [2.75, 3.05) is 26.2 Å². The standard InChI is InChI=1S/C18H27N5O/c1-14-11-23(12-15(2)24-14)8-7-20-10-17-13-22(3)21-18(17)16-5-4-6-19-9-16/h4-6,9,13-15,20H,7-8,10-12H2,1-3H3. The summed E-state index contributed by atoms with van der Waals surface area (Å²) in [5.41, 5.74) is 3.27. The molecule has 2 unspecified atom stereocenters. The minimum Gasteiger partial charge on any atom is -0.373 e. The van der Waals surface area contributed by atoms with Crippen molar-refractivity contribution in [3.63, 3.8) is 0 Å². The first-order valence-corrected chi connectivity index (χ1v) is 8.63. The van der Waals surface area contributed by atoms with Crippen molar-refractivity contribution in [1.82, 2.24) is 25.0 Å². The molecule has 0 bridgehead atoms. The number of rotatable bonds is 6. The smallest absolute Gasteiger partial charge is 0.0983 e. The highest BCUT2D eigenvalue weighted by atomic mass is 16.5. The molecule has 3 rings (SSSR count). The van der Waals surface area contributed by atoms with Gasteiger partial charge in [-0.1, -0.05) is 0 Å². The van der Waals surface area contributed by atoms with E-state index in [1.165, 1.54) is 5.56 Å². The molecule has 0 spiro atoms. The molecular formula is C18H27N5O. The van der Waals surface area contributed by atoms with Gasteiger partial charge >= 0.3 is 0 Å². The monoisotopic (exact) mass is 329 g/mol. The number of aromatic nitrogens is 3. The van der Waals surface area contributed by atoms with Gasteiger partial charge < -0.3 is 10.1 Å². The van der Waals surface area contributed by atoms with Crippen molar-refractivity contribution in [1.29, 1.82) is 0 Å². The molecule has 2 atom stereocenters. The minimum atomic E-state index is 0.323. The molecule has 0 saturated carbocycles. The highest BCUT2D eigenvalue weighted by molar-refractivity contribution is 5.61. The van der Waals surface area contributed by atoms with Crippen LogP contribution in [0.3, 0.4) is 0 Å². The molecular weight excluding hydrogens is 302 g/mol. The van der Waals surface area contributed by atoms with E-state index in [9.17, 15) is 0 Å². The van der Waals surface area contributed by atoms with Gasteiger partial charge in [-0.15, -0.1) is 0 Å². The van der Waals surface area contributed by atoms with Crippen LogP contribution in [0.5, 0.6) is 0 Å². The van der Waals surface area contributed by atoms with Gasteiger partial charge in [0.05, 0.1) is 17.9 Å². The van der Waals surface area contributed by atoms with Crippen LogP contribution in [0.1, 0.15) is 19.4 Å². The average Bonchev–Trinajstić information content (AvgIpc) is 2.92. The van der Waals surface area contributed by atoms with Crippen LogP contribution < -0.4 is 5.32 Å². The molecule has 1 N–H and O–H groups in total. The predicted molar refractivity (Wildman–Crippen MR) is 94.6 cm³/mol. The van der Waals surface area contributed by atoms with Crippen molar-refractivity contribution < 1.29 is 4.74 Å². The quantitative estimate of drug-likeness (QED) is 0.817. The van der Waals surface area contributed by atoms with Gasteiger partial charge in [0.25, 0.3) is 0 Å². The zero-order valence-electron chi connectivity index (χ0n) is 14.8. The van der Waals surface area contributed by atoms with Crippen LogP contribution in [0.4, 0.5) is 0 Å². The highest BCUT2D eigenvalue weighted by Gasteiger charge is 2.21. The number of nitrogens with one attached hydrogen (secondary N) is 1. The van der Waals surface area contributed by atoms with E-state index in [-0.39, 0.29) is 0 Å². The van der Waals surface area contributed by atoms with E-state index >= 15 is 0 Å². The Morgan fingerprint density at radius 1 is 1.29 bits per heavy atom. The first-order chi connectivity index (χ1) is 11.6. The summed E-state index contributed by atoms with van der Waals surface area (Å²) in [6.07, 6.45) is 6.37. The molecule has 6 heteroatoms. The van der Waals surface area contributed by atoms with Crippen LogP contribution in [0.25, 0.3) is 11.3 Å². The third-order valence-corrected chi connectivity index (χ3v) is 4.26.